The molecule has 37 heavy (non-hydrogen) atoms. The predicted molar refractivity (Wildman–Crippen MR) is 131 cm³/mol. The molecular formula is C26H24F3N7O. The number of carbonyl (C=O) groups is 1. The number of hydrogen-bond donors (Lipinski definition) is 3. The van der Waals surface area contributed by atoms with Gasteiger partial charge in [-0.2, -0.15) is 10.4 Å². The number of nitrogens with one attached hydrogen (secondary N) is 3. The number of anilines is 1. The number of hydrogen-bond acceptors (Lipinski definition) is 5. The van der Waals surface area contributed by atoms with Gasteiger partial charge in [0, 0.05) is 48.0 Å². The van der Waals surface area contributed by atoms with Crippen molar-refractivity contribution in [2.75, 3.05) is 5.32 Å². The van der Waals surface area contributed by atoms with Crippen LogP contribution in [0.5, 0.6) is 0 Å². The molecule has 0 aliphatic heterocycles. The molecule has 3 heterocycles. The number of nitrogens with zero attached hydrogens (tertiary/aromatic N) is 4. The van der Waals surface area contributed by atoms with E-state index in [4.69, 9.17) is 0 Å². The lowest BCUT2D eigenvalue weighted by molar-refractivity contribution is 0.0920. The van der Waals surface area contributed by atoms with Gasteiger partial charge in [-0.25, -0.2) is 18.2 Å². The van der Waals surface area contributed by atoms with Gasteiger partial charge in [0.15, 0.2) is 11.6 Å². The molecule has 5 rings (SSSR count). The Morgan fingerprint density at radius 2 is 1.95 bits per heavy atom. The van der Waals surface area contributed by atoms with Crippen LogP contribution in [-0.2, 0) is 7.05 Å². The topological polar surface area (TPSA) is 111 Å². The molecule has 11 heteroatoms. The minimum absolute atomic E-state index is 0.0620. The fourth-order valence-corrected chi connectivity index (χ4v) is 4.81. The molecule has 1 saturated carbocycles. The minimum Gasteiger partial charge on any atom is -0.365 e. The molecule has 8 nitrogen and oxygen atoms in total. The summed E-state index contributed by atoms with van der Waals surface area (Å²) >= 11 is 0. The zero-order valence-electron chi connectivity index (χ0n) is 20.2. The number of H-pyrrole nitrogens is 1. The minimum atomic E-state index is -0.781. The number of rotatable bonds is 5. The van der Waals surface area contributed by atoms with Crippen LogP contribution in [0.4, 0.5) is 19.0 Å². The van der Waals surface area contributed by atoms with Crippen LogP contribution in [0.25, 0.3) is 22.2 Å². The third-order valence-electron chi connectivity index (χ3n) is 6.75. The molecule has 3 aromatic heterocycles. The van der Waals surface area contributed by atoms with E-state index in [2.05, 4.69) is 25.7 Å². The number of nitriles is 1. The monoisotopic (exact) mass is 507 g/mol. The van der Waals surface area contributed by atoms with Crippen molar-refractivity contribution in [3.05, 3.63) is 64.9 Å². The summed E-state index contributed by atoms with van der Waals surface area (Å²) < 4.78 is 44.7. The molecule has 0 saturated heterocycles. The third kappa shape index (κ3) is 4.74. The van der Waals surface area contributed by atoms with Crippen LogP contribution in [0.15, 0.2) is 30.5 Å². The van der Waals surface area contributed by atoms with Gasteiger partial charge in [-0.3, -0.25) is 9.48 Å². The molecular weight excluding hydrogens is 483 g/mol. The molecule has 0 radical (unpaired) electrons. The van der Waals surface area contributed by atoms with Crippen molar-refractivity contribution >= 4 is 22.6 Å². The molecule has 1 aromatic carbocycles. The van der Waals surface area contributed by atoms with Crippen LogP contribution in [-0.4, -0.2) is 37.7 Å². The van der Waals surface area contributed by atoms with Crippen molar-refractivity contribution in [3.8, 4) is 17.3 Å². The number of carbonyl (C=O) groups excluding carboxylic acids is 1. The van der Waals surface area contributed by atoms with Crippen molar-refractivity contribution in [2.45, 2.75) is 44.7 Å². The summed E-state index contributed by atoms with van der Waals surface area (Å²) in [6, 6.07) is 6.26. The molecule has 1 aliphatic carbocycles. The Hall–Kier alpha value is -4.33. The van der Waals surface area contributed by atoms with Gasteiger partial charge in [-0.15, -0.1) is 0 Å². The Kier molecular flexibility index (Phi) is 6.33. The number of aromatic amines is 1. The fraction of sp³-hybridized carbons (Fsp3) is 0.308. The third-order valence-corrected chi connectivity index (χ3v) is 6.75. The molecule has 4 aromatic rings. The van der Waals surface area contributed by atoms with Crippen LogP contribution in [0.2, 0.25) is 0 Å². The summed E-state index contributed by atoms with van der Waals surface area (Å²) in [5, 5.41) is 20.1. The smallest absolute Gasteiger partial charge is 0.272 e. The highest BCUT2D eigenvalue weighted by atomic mass is 19.1. The summed E-state index contributed by atoms with van der Waals surface area (Å²) in [6.07, 6.45) is 4.27. The molecule has 3 N–H and O–H groups in total. The lowest BCUT2D eigenvalue weighted by Crippen LogP contribution is -2.42. The van der Waals surface area contributed by atoms with Gasteiger partial charge < -0.3 is 15.6 Å². The first-order valence-corrected chi connectivity index (χ1v) is 11.9. The van der Waals surface area contributed by atoms with Gasteiger partial charge >= 0.3 is 0 Å². The maximum atomic E-state index is 14.9. The van der Waals surface area contributed by atoms with E-state index in [1.54, 1.807) is 17.8 Å². The first-order valence-electron chi connectivity index (χ1n) is 11.9. The number of aryl methyl sites for hydroxylation is 2. The van der Waals surface area contributed by atoms with Crippen LogP contribution in [0, 0.1) is 35.7 Å². The largest absolute Gasteiger partial charge is 0.365 e. The highest BCUT2D eigenvalue weighted by Gasteiger charge is 2.26. The Morgan fingerprint density at radius 3 is 2.68 bits per heavy atom. The fourth-order valence-electron chi connectivity index (χ4n) is 4.81. The average molecular weight is 508 g/mol. The highest BCUT2D eigenvalue weighted by molar-refractivity contribution is 5.96. The average Bonchev–Trinajstić information content (AvgIpc) is 3.43. The molecule has 190 valence electrons. The van der Waals surface area contributed by atoms with E-state index >= 15 is 0 Å². The van der Waals surface area contributed by atoms with E-state index in [0.29, 0.717) is 12.1 Å². The number of aromatic nitrogens is 4. The second-order valence-corrected chi connectivity index (χ2v) is 9.31. The standard InChI is InChI=1S/C26H24F3N7O/c1-13-6-22(35-36(13)2)26(37)33-17-5-3-4-16(10-17)32-25-21(29)7-14(11-30)23(34-25)19-12-31-24-18(19)8-15(27)9-20(24)28/h6-9,12,16-17,31H,3-5,10H2,1-2H3,(H,32,34)(H,33,37)/t16-,17+/m0/s1. The van der Waals surface area contributed by atoms with Crippen molar-refractivity contribution in [3.63, 3.8) is 0 Å². The first-order chi connectivity index (χ1) is 17.7. The zero-order chi connectivity index (χ0) is 26.3. The van der Waals surface area contributed by atoms with E-state index < -0.39 is 17.5 Å². The second kappa shape index (κ2) is 9.61. The summed E-state index contributed by atoms with van der Waals surface area (Å²) in [7, 11) is 1.77. The summed E-state index contributed by atoms with van der Waals surface area (Å²) in [5.41, 5.74) is 1.60. The second-order valence-electron chi connectivity index (χ2n) is 9.31. The van der Waals surface area contributed by atoms with Crippen molar-refractivity contribution < 1.29 is 18.0 Å². The van der Waals surface area contributed by atoms with Crippen molar-refractivity contribution in [1.29, 1.82) is 5.26 Å². The number of benzene rings is 1. The molecule has 2 atom stereocenters. The van der Waals surface area contributed by atoms with Gasteiger partial charge in [-0.05, 0) is 50.8 Å². The maximum absolute atomic E-state index is 14.9. The first kappa shape index (κ1) is 24.4. The number of amides is 1. The molecule has 0 bridgehead atoms. The van der Waals surface area contributed by atoms with Gasteiger partial charge in [0.25, 0.3) is 5.91 Å². The predicted octanol–water partition coefficient (Wildman–Crippen LogP) is 4.71. The quantitative estimate of drug-likeness (QED) is 0.362. The van der Waals surface area contributed by atoms with Gasteiger partial charge in [0.05, 0.1) is 16.8 Å². The number of pyridine rings is 1. The molecule has 0 unspecified atom stereocenters. The number of halogens is 3. The zero-order valence-corrected chi connectivity index (χ0v) is 20.2. The molecule has 0 spiro atoms. The van der Waals surface area contributed by atoms with E-state index in [-0.39, 0.29) is 51.5 Å². The van der Waals surface area contributed by atoms with Crippen LogP contribution >= 0.6 is 0 Å². The lowest BCUT2D eigenvalue weighted by atomic mass is 9.90. The Balaban J connectivity index is 1.38. The Bertz CT molecular complexity index is 1530. The van der Waals surface area contributed by atoms with Gasteiger partial charge in [0.1, 0.15) is 23.4 Å². The van der Waals surface area contributed by atoms with E-state index in [1.165, 1.54) is 6.20 Å². The summed E-state index contributed by atoms with van der Waals surface area (Å²) in [6.45, 7) is 1.86. The summed E-state index contributed by atoms with van der Waals surface area (Å²) in [5.74, 6) is -2.61. The van der Waals surface area contributed by atoms with Gasteiger partial charge in [-0.1, -0.05) is 0 Å². The number of fused-ring (bicyclic) bond motifs is 1. The van der Waals surface area contributed by atoms with Crippen LogP contribution < -0.4 is 10.6 Å². The van der Waals surface area contributed by atoms with Crippen molar-refractivity contribution in [2.24, 2.45) is 7.05 Å². The van der Waals surface area contributed by atoms with Crippen molar-refractivity contribution in [1.82, 2.24) is 25.1 Å². The van der Waals surface area contributed by atoms with E-state index in [1.807, 2.05) is 13.0 Å². The SMILES string of the molecule is Cc1cc(C(=O)N[C@@H]2CCC[C@H](Nc3nc(-c4c[nH]c5c(F)cc(F)cc45)c(C#N)cc3F)C2)nn1C. The summed E-state index contributed by atoms with van der Waals surface area (Å²) in [4.78, 5) is 19.7. The highest BCUT2D eigenvalue weighted by Crippen LogP contribution is 2.34. The molecule has 1 aliphatic rings. The van der Waals surface area contributed by atoms with Crippen LogP contribution in [0.3, 0.4) is 0 Å². The van der Waals surface area contributed by atoms with E-state index in [0.717, 1.165) is 43.2 Å². The Morgan fingerprint density at radius 1 is 1.16 bits per heavy atom. The molecule has 1 fully saturated rings. The van der Waals surface area contributed by atoms with E-state index in [9.17, 15) is 23.2 Å². The lowest BCUT2D eigenvalue weighted by Gasteiger charge is -2.30. The molecule has 1 amide bonds. The normalized spacial score (nSPS) is 17.5. The maximum Gasteiger partial charge on any atom is 0.272 e. The Labute approximate surface area is 210 Å². The van der Waals surface area contributed by atoms with Gasteiger partial charge in [0.2, 0.25) is 0 Å². The van der Waals surface area contributed by atoms with Crippen LogP contribution in [0.1, 0.15) is 47.4 Å².